The molecule has 284 valence electrons. The van der Waals surface area contributed by atoms with Gasteiger partial charge < -0.3 is 15.3 Å². The Morgan fingerprint density at radius 2 is 1.69 bits per heavy atom. The number of nitriles is 1. The first-order chi connectivity index (χ1) is 24.8. The number of carbonyl (C=O) groups is 1. The molecule has 2 heterocycles. The summed E-state index contributed by atoms with van der Waals surface area (Å²) in [6, 6.07) is 13.9. The van der Waals surface area contributed by atoms with Crippen molar-refractivity contribution >= 4 is 27.3 Å². The minimum absolute atomic E-state index is 0.110. The van der Waals surface area contributed by atoms with Crippen LogP contribution in [0.15, 0.2) is 59.5 Å². The highest BCUT2D eigenvalue weighted by Gasteiger charge is 2.47. The molecular weight excluding hydrogens is 694 g/mol. The number of sulfone groups is 1. The van der Waals surface area contributed by atoms with Crippen molar-refractivity contribution in [2.45, 2.75) is 119 Å². The van der Waals surface area contributed by atoms with Crippen LogP contribution in [0.3, 0.4) is 0 Å². The highest BCUT2D eigenvalue weighted by atomic mass is 32.2. The summed E-state index contributed by atoms with van der Waals surface area (Å²) in [5.74, 6) is -0.932. The molecule has 2 fully saturated rings. The Bertz CT molecular complexity index is 1790. The minimum Gasteiger partial charge on any atom is -0.480 e. The topological polar surface area (TPSA) is 140 Å². The largest absolute Gasteiger partial charge is 0.480 e. The Morgan fingerprint density at radius 1 is 1.02 bits per heavy atom. The number of rotatable bonds is 17. The number of hydrogen-bond acceptors (Lipinski definition) is 8. The third-order valence-corrected chi connectivity index (χ3v) is 11.7. The highest BCUT2D eigenvalue weighted by Crippen LogP contribution is 2.39. The number of alkyl halides is 3. The summed E-state index contributed by atoms with van der Waals surface area (Å²) in [5, 5.41) is 28.4. The van der Waals surface area contributed by atoms with Gasteiger partial charge in [0.15, 0.2) is 9.84 Å². The number of nitrogens with one attached hydrogen (secondary N) is 2. The van der Waals surface area contributed by atoms with Gasteiger partial charge in [-0.1, -0.05) is 70.1 Å². The fraction of sp³-hybridized carbons (Fsp3) is 0.553. The molecule has 0 unspecified atom stereocenters. The average molecular weight is 745 g/mol. The predicted molar refractivity (Wildman–Crippen MR) is 196 cm³/mol. The van der Waals surface area contributed by atoms with Crippen molar-refractivity contribution < 1.29 is 31.5 Å². The maximum atomic E-state index is 13.6. The lowest BCUT2D eigenvalue weighted by Crippen LogP contribution is -2.37. The molecule has 1 aromatic heterocycles. The van der Waals surface area contributed by atoms with E-state index < -0.39 is 43.7 Å². The number of hydrogen-bond donors (Lipinski definition) is 3. The third-order valence-electron chi connectivity index (χ3n) is 9.52. The number of nitrogens with zero attached hydrogens (tertiary/aromatic N) is 4. The van der Waals surface area contributed by atoms with Gasteiger partial charge in [0.2, 0.25) is 0 Å². The quantitative estimate of drug-likeness (QED) is 0.118. The van der Waals surface area contributed by atoms with E-state index in [0.29, 0.717) is 29.8 Å². The summed E-state index contributed by atoms with van der Waals surface area (Å²) in [4.78, 5) is 12.7. The second-order valence-corrected chi connectivity index (χ2v) is 15.8. The van der Waals surface area contributed by atoms with Gasteiger partial charge in [-0.3, -0.25) is 5.32 Å². The van der Waals surface area contributed by atoms with Crippen molar-refractivity contribution in [3.8, 4) is 11.8 Å². The smallest absolute Gasteiger partial charge is 0.417 e. The van der Waals surface area contributed by atoms with Gasteiger partial charge in [-0.25, -0.2) is 17.9 Å². The standard InChI is InChI=1S/C24H25F3N4O4S.C14H26N2/c1-3-28-16-7-6-8-17(12-16)31-22(11-15(2)29-31)30-14-18(13-20(30)23(32)33)36(34,35)21-10-5-4-9-19(21)24(25,26)27;1-2-3-4-5-6-7-8-9-12-16-14(13-15)10-11-14/h4-12,18,20,28H,3,13-14H2,1-2H3,(H,32,33);16H,2-12H2,1H3/t18-,20+;/m1./s1. The van der Waals surface area contributed by atoms with E-state index in [1.165, 1.54) is 67.0 Å². The van der Waals surface area contributed by atoms with Gasteiger partial charge in [0.1, 0.15) is 17.4 Å². The molecule has 52 heavy (non-hydrogen) atoms. The lowest BCUT2D eigenvalue weighted by molar-refractivity contribution is -0.140. The Hall–Kier alpha value is -4.09. The van der Waals surface area contributed by atoms with Gasteiger partial charge in [-0.2, -0.15) is 23.5 Å². The number of carboxylic acids is 1. The molecule has 0 bridgehead atoms. The molecule has 0 spiro atoms. The van der Waals surface area contributed by atoms with Crippen molar-refractivity contribution in [2.75, 3.05) is 29.9 Å². The number of benzene rings is 2. The number of unbranched alkanes of at least 4 members (excludes halogenated alkanes) is 7. The summed E-state index contributed by atoms with van der Waals surface area (Å²) in [6.45, 7) is 7.32. The second kappa shape index (κ2) is 18.1. The van der Waals surface area contributed by atoms with Gasteiger partial charge in [0.25, 0.3) is 0 Å². The van der Waals surface area contributed by atoms with E-state index in [-0.39, 0.29) is 18.5 Å². The fourth-order valence-electron chi connectivity index (χ4n) is 6.51. The van der Waals surface area contributed by atoms with Crippen LogP contribution >= 0.6 is 0 Å². The number of anilines is 2. The minimum atomic E-state index is -4.87. The monoisotopic (exact) mass is 744 g/mol. The summed E-state index contributed by atoms with van der Waals surface area (Å²) in [5.41, 5.74) is 0.623. The van der Waals surface area contributed by atoms with Crippen LogP contribution in [0.2, 0.25) is 0 Å². The van der Waals surface area contributed by atoms with Crippen LogP contribution in [0.25, 0.3) is 5.69 Å². The number of aromatic nitrogens is 2. The molecule has 1 saturated carbocycles. The van der Waals surface area contributed by atoms with E-state index in [0.717, 1.165) is 37.2 Å². The van der Waals surface area contributed by atoms with Gasteiger partial charge in [0.05, 0.1) is 33.2 Å². The van der Waals surface area contributed by atoms with E-state index in [2.05, 4.69) is 28.7 Å². The van der Waals surface area contributed by atoms with E-state index in [1.54, 1.807) is 25.1 Å². The summed E-state index contributed by atoms with van der Waals surface area (Å²) >= 11 is 0. The van der Waals surface area contributed by atoms with Crippen LogP contribution in [0, 0.1) is 18.3 Å². The first-order valence-corrected chi connectivity index (χ1v) is 19.8. The molecular formula is C38H51F3N6O4S. The number of carboxylic acid groups (broad SMARTS) is 1. The van der Waals surface area contributed by atoms with Gasteiger partial charge >= 0.3 is 12.1 Å². The normalized spacial score (nSPS) is 18.0. The lowest BCUT2D eigenvalue weighted by atomic mass is 10.1. The van der Waals surface area contributed by atoms with Crippen molar-refractivity contribution in [2.24, 2.45) is 0 Å². The average Bonchev–Trinajstić information content (AvgIpc) is 3.56. The number of aliphatic carboxylic acids is 1. The van der Waals surface area contributed by atoms with E-state index in [4.69, 9.17) is 5.26 Å². The Kier molecular flexibility index (Phi) is 14.2. The molecule has 5 rings (SSSR count). The molecule has 14 heteroatoms. The molecule has 10 nitrogen and oxygen atoms in total. The second-order valence-electron chi connectivity index (χ2n) is 13.6. The van der Waals surface area contributed by atoms with Gasteiger partial charge in [-0.05, 0) is 76.4 Å². The van der Waals surface area contributed by atoms with E-state index >= 15 is 0 Å². The molecule has 1 saturated heterocycles. The number of halogens is 3. The molecule has 2 atom stereocenters. The van der Waals surface area contributed by atoms with Crippen LogP contribution in [0.5, 0.6) is 0 Å². The molecule has 0 amide bonds. The number of aryl methyl sites for hydroxylation is 1. The summed E-state index contributed by atoms with van der Waals surface area (Å²) in [7, 11) is -4.51. The van der Waals surface area contributed by atoms with Crippen LogP contribution < -0.4 is 15.5 Å². The van der Waals surface area contributed by atoms with E-state index in [1.807, 2.05) is 19.1 Å². The lowest BCUT2D eigenvalue weighted by Gasteiger charge is -2.24. The van der Waals surface area contributed by atoms with Crippen LogP contribution in [0.4, 0.5) is 24.7 Å². The van der Waals surface area contributed by atoms with Gasteiger partial charge in [0, 0.05) is 24.8 Å². The van der Waals surface area contributed by atoms with Crippen LogP contribution in [-0.2, 0) is 20.8 Å². The van der Waals surface area contributed by atoms with Crippen molar-refractivity contribution in [3.63, 3.8) is 0 Å². The van der Waals surface area contributed by atoms with Crippen molar-refractivity contribution in [1.82, 2.24) is 15.1 Å². The molecule has 3 N–H and O–H groups in total. The molecule has 3 aromatic rings. The van der Waals surface area contributed by atoms with E-state index in [9.17, 15) is 31.5 Å². The van der Waals surface area contributed by atoms with Gasteiger partial charge in [-0.15, -0.1) is 0 Å². The summed E-state index contributed by atoms with van der Waals surface area (Å²) < 4.78 is 68.9. The van der Waals surface area contributed by atoms with Crippen molar-refractivity contribution in [1.29, 1.82) is 5.26 Å². The maximum absolute atomic E-state index is 13.6. The Balaban J connectivity index is 0.000000317. The van der Waals surface area contributed by atoms with Crippen molar-refractivity contribution in [3.05, 3.63) is 65.9 Å². The third kappa shape index (κ3) is 10.5. The van der Waals surface area contributed by atoms with Crippen LogP contribution in [-0.4, -0.2) is 65.7 Å². The first-order valence-electron chi connectivity index (χ1n) is 18.2. The summed E-state index contributed by atoms with van der Waals surface area (Å²) in [6.07, 6.45) is 7.72. The fourth-order valence-corrected chi connectivity index (χ4v) is 8.42. The SMILES string of the molecule is CCCCCCCCCCNC1(C#N)CC1.CCNc1cccc(-n2nc(C)cc2N2C[C@H](S(=O)(=O)c3ccccc3C(F)(F)F)C[C@H]2C(=O)O)c1. The molecule has 0 radical (unpaired) electrons. The molecule has 2 aliphatic rings. The van der Waals surface area contributed by atoms with Crippen LogP contribution in [0.1, 0.15) is 95.7 Å². The zero-order valence-electron chi connectivity index (χ0n) is 30.3. The molecule has 2 aromatic carbocycles. The first kappa shape index (κ1) is 40.7. The Morgan fingerprint density at radius 3 is 2.31 bits per heavy atom. The predicted octanol–water partition coefficient (Wildman–Crippen LogP) is 7.91. The molecule has 1 aliphatic carbocycles. The highest BCUT2D eigenvalue weighted by molar-refractivity contribution is 7.92. The Labute approximate surface area is 305 Å². The maximum Gasteiger partial charge on any atom is 0.417 e. The zero-order valence-corrected chi connectivity index (χ0v) is 31.1. The molecule has 1 aliphatic heterocycles. The zero-order chi connectivity index (χ0) is 37.9.